The number of anilines is 1. The minimum Gasteiger partial charge on any atom is -0.349 e. The number of rotatable bonds is 4. The van der Waals surface area contributed by atoms with Crippen LogP contribution in [0.5, 0.6) is 0 Å². The predicted molar refractivity (Wildman–Crippen MR) is 96.8 cm³/mol. The normalized spacial score (nSPS) is 12.8. The van der Waals surface area contributed by atoms with Gasteiger partial charge in [0.1, 0.15) is 6.04 Å². The molecular weight excluding hydrogens is 300 g/mol. The van der Waals surface area contributed by atoms with Crippen molar-refractivity contribution in [3.05, 3.63) is 60.2 Å². The molecule has 0 aliphatic carbocycles. The van der Waals surface area contributed by atoms with Gasteiger partial charge in [0.25, 0.3) is 0 Å². The average molecular weight is 322 g/mol. The lowest BCUT2D eigenvalue weighted by atomic mass is 10.0. The van der Waals surface area contributed by atoms with Crippen LogP contribution in [0.25, 0.3) is 11.0 Å². The Hall–Kier alpha value is -2.82. The van der Waals surface area contributed by atoms with E-state index < -0.39 is 6.04 Å². The first-order valence-electron chi connectivity index (χ1n) is 8.01. The van der Waals surface area contributed by atoms with Crippen LogP contribution in [0.3, 0.4) is 0 Å². The number of carbonyl (C=O) groups is 1. The Balaban J connectivity index is 1.91. The van der Waals surface area contributed by atoms with Gasteiger partial charge < -0.3 is 15.6 Å². The quantitative estimate of drug-likeness (QED) is 0.687. The second-order valence-corrected chi connectivity index (χ2v) is 6.83. The fraction of sp³-hybridized carbons (Fsp3) is 0.263. The molecule has 5 nitrogen and oxygen atoms in total. The molecule has 0 spiro atoms. The van der Waals surface area contributed by atoms with Crippen LogP contribution in [0.15, 0.2) is 54.6 Å². The molecule has 1 aromatic heterocycles. The van der Waals surface area contributed by atoms with E-state index in [2.05, 4.69) is 20.6 Å². The van der Waals surface area contributed by atoms with Gasteiger partial charge in [0.15, 0.2) is 0 Å². The van der Waals surface area contributed by atoms with Crippen molar-refractivity contribution in [2.24, 2.45) is 0 Å². The number of imidazole rings is 1. The summed E-state index contributed by atoms with van der Waals surface area (Å²) in [7, 11) is 0. The number of H-pyrrole nitrogens is 1. The van der Waals surface area contributed by atoms with E-state index >= 15 is 0 Å². The smallest absolute Gasteiger partial charge is 0.247 e. The average Bonchev–Trinajstić information content (AvgIpc) is 2.94. The number of amides is 1. The summed E-state index contributed by atoms with van der Waals surface area (Å²) in [4.78, 5) is 20.5. The van der Waals surface area contributed by atoms with Gasteiger partial charge in [-0.25, -0.2) is 4.98 Å². The molecule has 0 bridgehead atoms. The van der Waals surface area contributed by atoms with E-state index in [1.807, 2.05) is 75.4 Å². The topological polar surface area (TPSA) is 69.8 Å². The zero-order chi connectivity index (χ0) is 17.2. The Kier molecular flexibility index (Phi) is 4.25. The van der Waals surface area contributed by atoms with Gasteiger partial charge in [-0.05, 0) is 38.5 Å². The number of fused-ring (bicyclic) bond motifs is 1. The zero-order valence-corrected chi connectivity index (χ0v) is 14.1. The number of nitrogens with zero attached hydrogens (tertiary/aromatic N) is 1. The van der Waals surface area contributed by atoms with Crippen molar-refractivity contribution in [2.45, 2.75) is 32.4 Å². The third kappa shape index (κ3) is 3.74. The molecule has 3 aromatic rings. The van der Waals surface area contributed by atoms with Gasteiger partial charge in [-0.2, -0.15) is 0 Å². The Morgan fingerprint density at radius 1 is 1.04 bits per heavy atom. The Morgan fingerprint density at radius 3 is 2.38 bits per heavy atom. The fourth-order valence-electron chi connectivity index (χ4n) is 2.55. The minimum absolute atomic E-state index is 0.0887. The number of hydrogen-bond acceptors (Lipinski definition) is 3. The number of aromatic amines is 1. The van der Waals surface area contributed by atoms with Gasteiger partial charge in [0, 0.05) is 5.54 Å². The molecule has 5 heteroatoms. The van der Waals surface area contributed by atoms with Gasteiger partial charge >= 0.3 is 0 Å². The third-order valence-electron chi connectivity index (χ3n) is 3.56. The van der Waals surface area contributed by atoms with E-state index in [1.165, 1.54) is 0 Å². The first-order chi connectivity index (χ1) is 11.4. The highest BCUT2D eigenvalue weighted by Crippen LogP contribution is 2.21. The van der Waals surface area contributed by atoms with Crippen LogP contribution in [-0.4, -0.2) is 21.4 Å². The lowest BCUT2D eigenvalue weighted by molar-refractivity contribution is -0.123. The van der Waals surface area contributed by atoms with Crippen LogP contribution < -0.4 is 10.6 Å². The van der Waals surface area contributed by atoms with Crippen LogP contribution in [-0.2, 0) is 4.79 Å². The number of hydrogen-bond donors (Lipinski definition) is 3. The lowest BCUT2D eigenvalue weighted by Gasteiger charge is -2.25. The van der Waals surface area contributed by atoms with Gasteiger partial charge in [-0.15, -0.1) is 0 Å². The number of carbonyl (C=O) groups excluding carboxylic acids is 1. The molecule has 0 saturated heterocycles. The van der Waals surface area contributed by atoms with Crippen LogP contribution >= 0.6 is 0 Å². The zero-order valence-electron chi connectivity index (χ0n) is 14.1. The highest BCUT2D eigenvalue weighted by atomic mass is 16.2. The summed E-state index contributed by atoms with van der Waals surface area (Å²) in [5.41, 5.74) is 2.38. The molecule has 0 fully saturated rings. The minimum atomic E-state index is -0.522. The van der Waals surface area contributed by atoms with Crippen molar-refractivity contribution in [1.29, 1.82) is 0 Å². The predicted octanol–water partition coefficient (Wildman–Crippen LogP) is 3.63. The Bertz CT molecular complexity index is 800. The van der Waals surface area contributed by atoms with E-state index in [4.69, 9.17) is 0 Å². The Labute approximate surface area is 141 Å². The van der Waals surface area contributed by atoms with Gasteiger partial charge in [-0.3, -0.25) is 4.79 Å². The molecule has 2 aromatic carbocycles. The summed E-state index contributed by atoms with van der Waals surface area (Å²) in [6.07, 6.45) is 0. The largest absolute Gasteiger partial charge is 0.349 e. The SMILES string of the molecule is CC(C)(C)NC(=O)C(Nc1nc2ccccc2[nH]1)c1ccccc1. The van der Waals surface area contributed by atoms with Gasteiger partial charge in [0.05, 0.1) is 11.0 Å². The van der Waals surface area contributed by atoms with Crippen molar-refractivity contribution in [3.63, 3.8) is 0 Å². The lowest BCUT2D eigenvalue weighted by Crippen LogP contribution is -2.44. The molecule has 0 aliphatic heterocycles. The first kappa shape index (κ1) is 16.1. The molecule has 3 rings (SSSR count). The van der Waals surface area contributed by atoms with Crippen molar-refractivity contribution in [3.8, 4) is 0 Å². The number of benzene rings is 2. The summed E-state index contributed by atoms with van der Waals surface area (Å²) in [6.45, 7) is 5.90. The first-order valence-corrected chi connectivity index (χ1v) is 8.01. The van der Waals surface area contributed by atoms with Crippen molar-refractivity contribution < 1.29 is 4.79 Å². The molecule has 124 valence electrons. The molecule has 1 amide bonds. The summed E-state index contributed by atoms with van der Waals surface area (Å²) in [6, 6.07) is 16.9. The summed E-state index contributed by atoms with van der Waals surface area (Å²) < 4.78 is 0. The van der Waals surface area contributed by atoms with Crippen molar-refractivity contribution in [1.82, 2.24) is 15.3 Å². The van der Waals surface area contributed by atoms with Gasteiger partial charge in [0.2, 0.25) is 11.9 Å². The third-order valence-corrected chi connectivity index (χ3v) is 3.56. The number of para-hydroxylation sites is 2. The van der Waals surface area contributed by atoms with Crippen LogP contribution in [0.1, 0.15) is 32.4 Å². The van der Waals surface area contributed by atoms with E-state index in [0.717, 1.165) is 16.6 Å². The summed E-state index contributed by atoms with van der Waals surface area (Å²) in [5.74, 6) is 0.489. The molecule has 1 unspecified atom stereocenters. The number of nitrogens with one attached hydrogen (secondary N) is 3. The Morgan fingerprint density at radius 2 is 1.71 bits per heavy atom. The maximum atomic E-state index is 12.8. The second kappa shape index (κ2) is 6.35. The molecule has 1 atom stereocenters. The molecular formula is C19H22N4O. The maximum Gasteiger partial charge on any atom is 0.247 e. The van der Waals surface area contributed by atoms with Crippen molar-refractivity contribution >= 4 is 22.9 Å². The molecule has 0 radical (unpaired) electrons. The molecule has 24 heavy (non-hydrogen) atoms. The maximum absolute atomic E-state index is 12.8. The summed E-state index contributed by atoms with van der Waals surface area (Å²) >= 11 is 0. The summed E-state index contributed by atoms with van der Waals surface area (Å²) in [5, 5.41) is 6.26. The van der Waals surface area contributed by atoms with Gasteiger partial charge in [-0.1, -0.05) is 42.5 Å². The van der Waals surface area contributed by atoms with E-state index in [1.54, 1.807) is 0 Å². The van der Waals surface area contributed by atoms with Crippen LogP contribution in [0, 0.1) is 0 Å². The second-order valence-electron chi connectivity index (χ2n) is 6.83. The monoisotopic (exact) mass is 322 g/mol. The molecule has 1 heterocycles. The van der Waals surface area contributed by atoms with Crippen molar-refractivity contribution in [2.75, 3.05) is 5.32 Å². The van der Waals surface area contributed by atoms with E-state index in [9.17, 15) is 4.79 Å². The molecule has 0 aliphatic rings. The van der Waals surface area contributed by atoms with Crippen LogP contribution in [0.4, 0.5) is 5.95 Å². The highest BCUT2D eigenvalue weighted by Gasteiger charge is 2.25. The van der Waals surface area contributed by atoms with E-state index in [-0.39, 0.29) is 11.4 Å². The van der Waals surface area contributed by atoms with E-state index in [0.29, 0.717) is 5.95 Å². The standard InChI is InChI=1S/C19H22N4O/c1-19(2,3)23-17(24)16(13-9-5-4-6-10-13)22-18-20-14-11-7-8-12-15(14)21-18/h4-12,16H,1-3H3,(H,23,24)(H2,20,21,22). The number of aromatic nitrogens is 2. The highest BCUT2D eigenvalue weighted by molar-refractivity contribution is 5.87. The van der Waals surface area contributed by atoms with Crippen LogP contribution in [0.2, 0.25) is 0 Å². The molecule has 3 N–H and O–H groups in total. The molecule has 0 saturated carbocycles. The fourth-order valence-corrected chi connectivity index (χ4v) is 2.55.